The van der Waals surface area contributed by atoms with Crippen LogP contribution in [0.4, 0.5) is 0 Å². The van der Waals surface area contributed by atoms with Crippen LogP contribution in [0.3, 0.4) is 0 Å². The van der Waals surface area contributed by atoms with Gasteiger partial charge in [-0.3, -0.25) is 9.67 Å². The van der Waals surface area contributed by atoms with E-state index in [4.69, 9.17) is 0 Å². The maximum atomic E-state index is 4.20. The zero-order valence-corrected chi connectivity index (χ0v) is 12.1. The van der Waals surface area contributed by atoms with Crippen molar-refractivity contribution in [2.75, 3.05) is 13.6 Å². The third-order valence-corrected chi connectivity index (χ3v) is 2.41. The van der Waals surface area contributed by atoms with E-state index < -0.39 is 0 Å². The predicted molar refractivity (Wildman–Crippen MR) is 75.8 cm³/mol. The second kappa shape index (κ2) is 6.42. The van der Waals surface area contributed by atoms with E-state index in [0.29, 0.717) is 0 Å². The van der Waals surface area contributed by atoms with Crippen LogP contribution in [0.2, 0.25) is 0 Å². The highest BCUT2D eigenvalue weighted by Crippen LogP contribution is 2.00. The van der Waals surface area contributed by atoms with Crippen LogP contribution in [0.15, 0.2) is 17.4 Å². The molecule has 0 aliphatic carbocycles. The molecule has 0 aromatic carbocycles. The summed E-state index contributed by atoms with van der Waals surface area (Å²) in [6.07, 6.45) is 6.08. The van der Waals surface area contributed by atoms with Crippen LogP contribution in [0, 0.1) is 0 Å². The van der Waals surface area contributed by atoms with E-state index in [0.717, 1.165) is 25.3 Å². The lowest BCUT2D eigenvalue weighted by Gasteiger charge is -2.23. The van der Waals surface area contributed by atoms with Crippen molar-refractivity contribution in [1.29, 1.82) is 0 Å². The van der Waals surface area contributed by atoms with E-state index in [1.165, 1.54) is 5.56 Å². The molecule has 0 amide bonds. The summed E-state index contributed by atoms with van der Waals surface area (Å²) >= 11 is 0. The highest BCUT2D eigenvalue weighted by molar-refractivity contribution is 5.80. The van der Waals surface area contributed by atoms with E-state index in [-0.39, 0.29) is 5.54 Å². The van der Waals surface area contributed by atoms with Crippen molar-refractivity contribution in [3.63, 3.8) is 0 Å². The van der Waals surface area contributed by atoms with Gasteiger partial charge in [-0.25, -0.2) is 0 Å². The van der Waals surface area contributed by atoms with Gasteiger partial charge in [0.05, 0.1) is 6.20 Å². The zero-order chi connectivity index (χ0) is 13.6. The fourth-order valence-corrected chi connectivity index (χ4v) is 1.63. The highest BCUT2D eigenvalue weighted by Gasteiger charge is 2.11. The quantitative estimate of drug-likeness (QED) is 0.482. The molecule has 1 aromatic rings. The van der Waals surface area contributed by atoms with Gasteiger partial charge in [-0.1, -0.05) is 0 Å². The van der Waals surface area contributed by atoms with Gasteiger partial charge in [0.2, 0.25) is 0 Å². The number of nitrogens with one attached hydrogen (secondary N) is 2. The Bertz CT molecular complexity index is 386. The third-order valence-electron chi connectivity index (χ3n) is 2.41. The van der Waals surface area contributed by atoms with Crippen molar-refractivity contribution in [3.05, 3.63) is 18.0 Å². The van der Waals surface area contributed by atoms with E-state index in [2.05, 4.69) is 47.7 Å². The number of aryl methyl sites for hydroxylation is 2. The zero-order valence-electron chi connectivity index (χ0n) is 12.1. The first-order chi connectivity index (χ1) is 8.40. The van der Waals surface area contributed by atoms with Gasteiger partial charge < -0.3 is 10.6 Å². The van der Waals surface area contributed by atoms with Crippen LogP contribution >= 0.6 is 0 Å². The van der Waals surface area contributed by atoms with Crippen molar-refractivity contribution in [1.82, 2.24) is 20.4 Å². The molecule has 18 heavy (non-hydrogen) atoms. The Morgan fingerprint density at radius 3 is 2.67 bits per heavy atom. The van der Waals surface area contributed by atoms with Crippen molar-refractivity contribution in [3.8, 4) is 0 Å². The number of hydrogen-bond donors (Lipinski definition) is 2. The van der Waals surface area contributed by atoms with Crippen molar-refractivity contribution >= 4 is 5.96 Å². The van der Waals surface area contributed by atoms with E-state index in [1.54, 1.807) is 7.05 Å². The van der Waals surface area contributed by atoms with Crippen molar-refractivity contribution in [2.45, 2.75) is 39.2 Å². The molecule has 0 radical (unpaired) electrons. The highest BCUT2D eigenvalue weighted by atomic mass is 15.2. The molecule has 0 bridgehead atoms. The van der Waals surface area contributed by atoms with E-state index >= 15 is 0 Å². The molecule has 0 spiro atoms. The average Bonchev–Trinajstić information content (AvgIpc) is 2.67. The molecule has 5 nitrogen and oxygen atoms in total. The number of rotatable bonds is 4. The lowest BCUT2D eigenvalue weighted by atomic mass is 10.1. The Morgan fingerprint density at radius 2 is 2.17 bits per heavy atom. The maximum absolute atomic E-state index is 4.20. The van der Waals surface area contributed by atoms with Gasteiger partial charge in [0.25, 0.3) is 0 Å². The average molecular weight is 251 g/mol. The van der Waals surface area contributed by atoms with E-state index in [9.17, 15) is 0 Å². The number of hydrogen-bond acceptors (Lipinski definition) is 2. The van der Waals surface area contributed by atoms with Crippen molar-refractivity contribution in [2.24, 2.45) is 12.0 Å². The summed E-state index contributed by atoms with van der Waals surface area (Å²) in [5, 5.41) is 10.8. The topological polar surface area (TPSA) is 54.2 Å². The van der Waals surface area contributed by atoms with Crippen LogP contribution < -0.4 is 10.6 Å². The minimum absolute atomic E-state index is 0.0329. The minimum Gasteiger partial charge on any atom is -0.356 e. The molecule has 102 valence electrons. The van der Waals surface area contributed by atoms with Gasteiger partial charge in [0.1, 0.15) is 0 Å². The second-order valence-corrected chi connectivity index (χ2v) is 5.50. The summed E-state index contributed by atoms with van der Waals surface area (Å²) in [4.78, 5) is 4.20. The Kier molecular flexibility index (Phi) is 5.19. The van der Waals surface area contributed by atoms with Crippen LogP contribution in [-0.4, -0.2) is 34.9 Å². The molecule has 0 aliphatic heterocycles. The molecule has 5 heteroatoms. The molecule has 1 heterocycles. The van der Waals surface area contributed by atoms with Crippen molar-refractivity contribution < 1.29 is 0 Å². The summed E-state index contributed by atoms with van der Waals surface area (Å²) in [7, 11) is 3.74. The number of nitrogens with zero attached hydrogens (tertiary/aromatic N) is 3. The lowest BCUT2D eigenvalue weighted by Crippen LogP contribution is -2.47. The molecule has 0 saturated heterocycles. The number of guanidine groups is 1. The van der Waals surface area contributed by atoms with Gasteiger partial charge in [0.15, 0.2) is 5.96 Å². The normalized spacial score (nSPS) is 12.6. The molecular weight excluding hydrogens is 226 g/mol. The summed E-state index contributed by atoms with van der Waals surface area (Å²) in [6, 6.07) is 0. The molecule has 0 atom stereocenters. The SMILES string of the molecule is CN=C(NCCCc1cnn(C)c1)NC(C)(C)C. The molecule has 0 fully saturated rings. The molecule has 1 aromatic heterocycles. The predicted octanol–water partition coefficient (Wildman–Crippen LogP) is 1.32. The van der Waals surface area contributed by atoms with Crippen LogP contribution in [-0.2, 0) is 13.5 Å². The van der Waals surface area contributed by atoms with Crippen LogP contribution in [0.5, 0.6) is 0 Å². The smallest absolute Gasteiger partial charge is 0.191 e. The van der Waals surface area contributed by atoms with Crippen LogP contribution in [0.1, 0.15) is 32.8 Å². The molecule has 0 aliphatic rings. The Morgan fingerprint density at radius 1 is 1.44 bits per heavy atom. The molecule has 0 saturated carbocycles. The molecule has 2 N–H and O–H groups in total. The first-order valence-electron chi connectivity index (χ1n) is 6.37. The van der Waals surface area contributed by atoms with Gasteiger partial charge in [-0.05, 0) is 39.2 Å². The lowest BCUT2D eigenvalue weighted by molar-refractivity contribution is 0.501. The van der Waals surface area contributed by atoms with Gasteiger partial charge >= 0.3 is 0 Å². The molecule has 1 rings (SSSR count). The fraction of sp³-hybridized carbons (Fsp3) is 0.692. The summed E-state index contributed by atoms with van der Waals surface area (Å²) in [5.41, 5.74) is 1.31. The first kappa shape index (κ1) is 14.5. The number of aromatic nitrogens is 2. The Balaban J connectivity index is 2.24. The largest absolute Gasteiger partial charge is 0.356 e. The number of aliphatic imine (C=N–C) groups is 1. The Labute approximate surface area is 110 Å². The second-order valence-electron chi connectivity index (χ2n) is 5.50. The van der Waals surface area contributed by atoms with Gasteiger partial charge in [0, 0.05) is 32.4 Å². The summed E-state index contributed by atoms with van der Waals surface area (Å²) < 4.78 is 1.84. The van der Waals surface area contributed by atoms with Gasteiger partial charge in [-0.2, -0.15) is 5.10 Å². The molecule has 0 unspecified atom stereocenters. The maximum Gasteiger partial charge on any atom is 0.191 e. The minimum atomic E-state index is 0.0329. The third kappa shape index (κ3) is 5.70. The van der Waals surface area contributed by atoms with E-state index in [1.807, 2.05) is 17.9 Å². The summed E-state index contributed by atoms with van der Waals surface area (Å²) in [6.45, 7) is 7.27. The Hall–Kier alpha value is -1.52. The summed E-state index contributed by atoms with van der Waals surface area (Å²) in [5.74, 6) is 0.855. The molecular formula is C13H25N5. The fourth-order valence-electron chi connectivity index (χ4n) is 1.63. The monoisotopic (exact) mass is 251 g/mol. The van der Waals surface area contributed by atoms with Gasteiger partial charge in [-0.15, -0.1) is 0 Å². The van der Waals surface area contributed by atoms with Crippen LogP contribution in [0.25, 0.3) is 0 Å². The first-order valence-corrected chi connectivity index (χ1v) is 6.37. The standard InChI is InChI=1S/C13H25N5/c1-13(2,3)17-12(14-4)15-8-6-7-11-9-16-18(5)10-11/h9-10H,6-8H2,1-5H3,(H2,14,15,17).